The first-order valence-electron chi connectivity index (χ1n) is 8.64. The first-order chi connectivity index (χ1) is 13.1. The van der Waals surface area contributed by atoms with E-state index in [-0.39, 0.29) is 5.97 Å². The standard InChI is InChI=1S/C20H21N5O2/c1-4-27-19(26)15-8-10-16(11-9-15)22-20-24-18(12-21-25-20)23-17-7-5-6-13(2)14(17)3/h5-12H,4H2,1-3H3,(H2,22,23,24,25). The molecule has 0 saturated heterocycles. The lowest BCUT2D eigenvalue weighted by atomic mass is 10.1. The van der Waals surface area contributed by atoms with Crippen LogP contribution in [0, 0.1) is 13.8 Å². The van der Waals surface area contributed by atoms with Gasteiger partial charge >= 0.3 is 5.97 Å². The number of nitrogens with one attached hydrogen (secondary N) is 2. The first-order valence-corrected chi connectivity index (χ1v) is 8.64. The molecular formula is C20H21N5O2. The Bertz CT molecular complexity index is 941. The number of aromatic nitrogens is 3. The van der Waals surface area contributed by atoms with Gasteiger partial charge in [-0.1, -0.05) is 12.1 Å². The zero-order chi connectivity index (χ0) is 19.2. The molecule has 0 saturated carbocycles. The van der Waals surface area contributed by atoms with Gasteiger partial charge in [0.2, 0.25) is 5.95 Å². The lowest BCUT2D eigenvalue weighted by Crippen LogP contribution is -2.05. The van der Waals surface area contributed by atoms with Gasteiger partial charge < -0.3 is 15.4 Å². The molecule has 3 rings (SSSR count). The normalized spacial score (nSPS) is 10.3. The van der Waals surface area contributed by atoms with E-state index >= 15 is 0 Å². The Morgan fingerprint density at radius 3 is 2.59 bits per heavy atom. The molecule has 0 spiro atoms. The Hall–Kier alpha value is -3.48. The Kier molecular flexibility index (Phi) is 5.61. The molecule has 2 N–H and O–H groups in total. The molecule has 0 aliphatic heterocycles. The second kappa shape index (κ2) is 8.27. The van der Waals surface area contributed by atoms with E-state index in [1.165, 1.54) is 5.56 Å². The molecule has 0 radical (unpaired) electrons. The highest BCUT2D eigenvalue weighted by atomic mass is 16.5. The van der Waals surface area contributed by atoms with Crippen molar-refractivity contribution in [2.75, 3.05) is 17.2 Å². The van der Waals surface area contributed by atoms with Crippen LogP contribution in [-0.4, -0.2) is 27.8 Å². The minimum absolute atomic E-state index is 0.346. The molecule has 0 aliphatic rings. The van der Waals surface area contributed by atoms with Crippen molar-refractivity contribution in [1.29, 1.82) is 0 Å². The number of nitrogens with zero attached hydrogens (tertiary/aromatic N) is 3. The Labute approximate surface area is 157 Å². The van der Waals surface area contributed by atoms with Crippen LogP contribution in [0.4, 0.5) is 23.1 Å². The second-order valence-electron chi connectivity index (χ2n) is 5.96. The molecule has 0 aliphatic carbocycles. The van der Waals surface area contributed by atoms with Crippen LogP contribution < -0.4 is 10.6 Å². The fourth-order valence-electron chi connectivity index (χ4n) is 2.47. The van der Waals surface area contributed by atoms with Crippen LogP contribution in [0.1, 0.15) is 28.4 Å². The second-order valence-corrected chi connectivity index (χ2v) is 5.96. The third-order valence-electron chi connectivity index (χ3n) is 4.08. The number of aryl methyl sites for hydroxylation is 1. The highest BCUT2D eigenvalue weighted by molar-refractivity contribution is 5.89. The largest absolute Gasteiger partial charge is 0.462 e. The van der Waals surface area contributed by atoms with Gasteiger partial charge in [0.25, 0.3) is 0 Å². The summed E-state index contributed by atoms with van der Waals surface area (Å²) in [5.74, 6) is 0.597. The maximum Gasteiger partial charge on any atom is 0.338 e. The fourth-order valence-corrected chi connectivity index (χ4v) is 2.47. The number of hydrogen-bond donors (Lipinski definition) is 2. The van der Waals surface area contributed by atoms with E-state index in [1.54, 1.807) is 37.4 Å². The molecule has 0 bridgehead atoms. The average Bonchev–Trinajstić information content (AvgIpc) is 2.67. The fraction of sp³-hybridized carbons (Fsp3) is 0.200. The van der Waals surface area contributed by atoms with Gasteiger partial charge in [-0.05, 0) is 62.2 Å². The molecule has 1 aromatic heterocycles. The van der Waals surface area contributed by atoms with Crippen LogP contribution >= 0.6 is 0 Å². The Morgan fingerprint density at radius 2 is 1.85 bits per heavy atom. The van der Waals surface area contributed by atoms with Gasteiger partial charge in [-0.3, -0.25) is 0 Å². The van der Waals surface area contributed by atoms with Gasteiger partial charge in [-0.25, -0.2) is 4.79 Å². The zero-order valence-corrected chi connectivity index (χ0v) is 15.5. The number of anilines is 4. The summed E-state index contributed by atoms with van der Waals surface area (Å²) in [5.41, 5.74) is 4.56. The van der Waals surface area contributed by atoms with Crippen LogP contribution in [0.25, 0.3) is 0 Å². The molecule has 3 aromatic rings. The molecule has 138 valence electrons. The Morgan fingerprint density at radius 1 is 1.07 bits per heavy atom. The van der Waals surface area contributed by atoms with Crippen LogP contribution in [0.3, 0.4) is 0 Å². The first kappa shape index (κ1) is 18.3. The molecule has 0 amide bonds. The van der Waals surface area contributed by atoms with Gasteiger partial charge in [0.1, 0.15) is 0 Å². The number of carbonyl (C=O) groups is 1. The quantitative estimate of drug-likeness (QED) is 0.636. The molecule has 0 atom stereocenters. The van der Waals surface area contributed by atoms with Crippen molar-refractivity contribution in [3.63, 3.8) is 0 Å². The monoisotopic (exact) mass is 363 g/mol. The van der Waals surface area contributed by atoms with E-state index in [0.717, 1.165) is 16.9 Å². The maximum absolute atomic E-state index is 11.7. The van der Waals surface area contributed by atoms with Crippen LogP contribution in [0.5, 0.6) is 0 Å². The summed E-state index contributed by atoms with van der Waals surface area (Å²) in [5, 5.41) is 14.3. The molecular weight excluding hydrogens is 342 g/mol. The van der Waals surface area contributed by atoms with Gasteiger partial charge in [0.05, 0.1) is 18.4 Å². The van der Waals surface area contributed by atoms with E-state index in [0.29, 0.717) is 23.9 Å². The summed E-state index contributed by atoms with van der Waals surface area (Å²) in [4.78, 5) is 16.1. The van der Waals surface area contributed by atoms with Gasteiger partial charge in [-0.15, -0.1) is 5.10 Å². The molecule has 27 heavy (non-hydrogen) atoms. The highest BCUT2D eigenvalue weighted by Crippen LogP contribution is 2.22. The minimum Gasteiger partial charge on any atom is -0.462 e. The third kappa shape index (κ3) is 4.58. The molecule has 7 heteroatoms. The minimum atomic E-state index is -0.346. The smallest absolute Gasteiger partial charge is 0.338 e. The van der Waals surface area contributed by atoms with Gasteiger partial charge in [-0.2, -0.15) is 10.1 Å². The zero-order valence-electron chi connectivity index (χ0n) is 15.5. The van der Waals surface area contributed by atoms with Crippen molar-refractivity contribution in [3.05, 3.63) is 65.4 Å². The number of carbonyl (C=O) groups excluding carboxylic acids is 1. The van der Waals surface area contributed by atoms with E-state index in [1.807, 2.05) is 12.1 Å². The highest BCUT2D eigenvalue weighted by Gasteiger charge is 2.07. The molecule has 0 unspecified atom stereocenters. The van der Waals surface area contributed by atoms with Gasteiger partial charge in [0, 0.05) is 11.4 Å². The van der Waals surface area contributed by atoms with Crippen LogP contribution in [0.15, 0.2) is 48.7 Å². The van der Waals surface area contributed by atoms with Crippen molar-refractivity contribution in [2.45, 2.75) is 20.8 Å². The van der Waals surface area contributed by atoms with Crippen molar-refractivity contribution in [3.8, 4) is 0 Å². The van der Waals surface area contributed by atoms with E-state index in [9.17, 15) is 4.79 Å². The lowest BCUT2D eigenvalue weighted by Gasteiger charge is -2.11. The summed E-state index contributed by atoms with van der Waals surface area (Å²) >= 11 is 0. The molecule has 2 aromatic carbocycles. The lowest BCUT2D eigenvalue weighted by molar-refractivity contribution is 0.0526. The van der Waals surface area contributed by atoms with Crippen LogP contribution in [-0.2, 0) is 4.74 Å². The number of rotatable bonds is 6. The topological polar surface area (TPSA) is 89.0 Å². The predicted molar refractivity (Wildman–Crippen MR) is 105 cm³/mol. The number of hydrogen-bond acceptors (Lipinski definition) is 7. The van der Waals surface area contributed by atoms with Gasteiger partial charge in [0.15, 0.2) is 5.82 Å². The van der Waals surface area contributed by atoms with Crippen molar-refractivity contribution >= 4 is 29.1 Å². The summed E-state index contributed by atoms with van der Waals surface area (Å²) in [6.45, 7) is 6.23. The van der Waals surface area contributed by atoms with E-state index in [4.69, 9.17) is 4.74 Å². The predicted octanol–water partition coefficient (Wildman–Crippen LogP) is 4.15. The SMILES string of the molecule is CCOC(=O)c1ccc(Nc2nncc(Nc3cccc(C)c3C)n2)cc1. The van der Waals surface area contributed by atoms with Crippen molar-refractivity contribution < 1.29 is 9.53 Å². The maximum atomic E-state index is 11.7. The summed E-state index contributed by atoms with van der Waals surface area (Å²) in [6, 6.07) is 12.9. The number of esters is 1. The number of benzene rings is 2. The summed E-state index contributed by atoms with van der Waals surface area (Å²) < 4.78 is 4.97. The average molecular weight is 363 g/mol. The molecule has 7 nitrogen and oxygen atoms in total. The van der Waals surface area contributed by atoms with E-state index < -0.39 is 0 Å². The van der Waals surface area contributed by atoms with E-state index in [2.05, 4.69) is 45.7 Å². The summed E-state index contributed by atoms with van der Waals surface area (Å²) in [6.07, 6.45) is 1.57. The third-order valence-corrected chi connectivity index (χ3v) is 4.08. The summed E-state index contributed by atoms with van der Waals surface area (Å²) in [7, 11) is 0. The van der Waals surface area contributed by atoms with Crippen LogP contribution in [0.2, 0.25) is 0 Å². The Balaban J connectivity index is 1.72. The number of ether oxygens (including phenoxy) is 1. The molecule has 1 heterocycles. The van der Waals surface area contributed by atoms with Crippen molar-refractivity contribution in [1.82, 2.24) is 15.2 Å². The molecule has 0 fully saturated rings. The van der Waals surface area contributed by atoms with Crippen molar-refractivity contribution in [2.24, 2.45) is 0 Å².